The van der Waals surface area contributed by atoms with Crippen LogP contribution >= 0.6 is 0 Å². The van der Waals surface area contributed by atoms with E-state index in [1.54, 1.807) is 18.9 Å². The van der Waals surface area contributed by atoms with E-state index >= 15 is 0 Å². The largest absolute Gasteiger partial charge is 0.472 e. The van der Waals surface area contributed by atoms with Gasteiger partial charge in [0.1, 0.15) is 0 Å². The lowest BCUT2D eigenvalue weighted by Gasteiger charge is -2.10. The Balaban J connectivity index is 1.76. The van der Waals surface area contributed by atoms with Gasteiger partial charge >= 0.3 is 0 Å². The summed E-state index contributed by atoms with van der Waals surface area (Å²) in [4.78, 5) is 4.30. The number of nitrogens with zero attached hydrogens (tertiary/aromatic N) is 2. The minimum atomic E-state index is -0.444. The van der Waals surface area contributed by atoms with Gasteiger partial charge in [-0.3, -0.25) is 0 Å². The second-order valence-electron chi connectivity index (χ2n) is 4.38. The van der Waals surface area contributed by atoms with E-state index in [1.807, 2.05) is 34.9 Å². The predicted molar refractivity (Wildman–Crippen MR) is 68.2 cm³/mol. The number of rotatable bonds is 4. The van der Waals surface area contributed by atoms with Crippen molar-refractivity contribution < 1.29 is 9.52 Å². The number of aliphatic hydroxyl groups excluding tert-OH is 1. The third-order valence-corrected chi connectivity index (χ3v) is 2.99. The molecule has 1 N–H and O–H groups in total. The van der Waals surface area contributed by atoms with Crippen molar-refractivity contribution in [2.24, 2.45) is 0 Å². The molecule has 1 unspecified atom stereocenters. The van der Waals surface area contributed by atoms with Gasteiger partial charge in [-0.05, 0) is 23.8 Å². The lowest BCUT2D eigenvalue weighted by molar-refractivity contribution is 0.155. The Morgan fingerprint density at radius 2 is 2.17 bits per heavy atom. The molecule has 92 valence electrons. The molecule has 0 aliphatic heterocycles. The van der Waals surface area contributed by atoms with Crippen LogP contribution in [-0.4, -0.2) is 20.8 Å². The summed E-state index contributed by atoms with van der Waals surface area (Å²) in [6.07, 6.45) is 5.19. The van der Waals surface area contributed by atoms with Crippen LogP contribution in [0.25, 0.3) is 11.0 Å². The van der Waals surface area contributed by atoms with Crippen LogP contribution in [-0.2, 0) is 13.0 Å². The van der Waals surface area contributed by atoms with E-state index in [1.165, 1.54) is 0 Å². The molecule has 4 nitrogen and oxygen atoms in total. The quantitative estimate of drug-likeness (QED) is 0.763. The van der Waals surface area contributed by atoms with Crippen LogP contribution in [0.5, 0.6) is 0 Å². The van der Waals surface area contributed by atoms with Crippen LogP contribution in [0.3, 0.4) is 0 Å². The van der Waals surface area contributed by atoms with Crippen molar-refractivity contribution in [2.75, 3.05) is 0 Å². The summed E-state index contributed by atoms with van der Waals surface area (Å²) in [7, 11) is 0. The number of imidazole rings is 1. The first-order chi connectivity index (χ1) is 8.83. The summed E-state index contributed by atoms with van der Waals surface area (Å²) in [6.45, 7) is 0.533. The van der Waals surface area contributed by atoms with Crippen LogP contribution < -0.4 is 0 Å². The Kier molecular flexibility index (Phi) is 2.86. The molecule has 2 aromatic heterocycles. The van der Waals surface area contributed by atoms with Crippen LogP contribution in [0.2, 0.25) is 0 Å². The molecule has 0 radical (unpaired) electrons. The van der Waals surface area contributed by atoms with Gasteiger partial charge in [0, 0.05) is 6.42 Å². The molecule has 4 heteroatoms. The molecule has 0 bridgehead atoms. The summed E-state index contributed by atoms with van der Waals surface area (Å²) in [5.74, 6) is 0. The molecule has 1 atom stereocenters. The zero-order valence-corrected chi connectivity index (χ0v) is 9.86. The Hall–Kier alpha value is -2.07. The highest BCUT2D eigenvalue weighted by Crippen LogP contribution is 2.13. The summed E-state index contributed by atoms with van der Waals surface area (Å²) in [6, 6.07) is 9.78. The van der Waals surface area contributed by atoms with E-state index < -0.39 is 6.10 Å². The molecule has 3 rings (SSSR count). The summed E-state index contributed by atoms with van der Waals surface area (Å²) < 4.78 is 6.96. The van der Waals surface area contributed by atoms with Gasteiger partial charge in [0.05, 0.1) is 42.5 Å². The standard InChI is InChI=1S/C14H14N2O2/c17-12(7-11-5-6-18-9-11)8-16-10-15-13-3-1-2-4-14(13)16/h1-6,9-10,12,17H,7-8H2. The van der Waals surface area contributed by atoms with Gasteiger partial charge in [-0.1, -0.05) is 12.1 Å². The zero-order valence-electron chi connectivity index (χ0n) is 9.86. The fraction of sp³-hybridized carbons (Fsp3) is 0.214. The minimum absolute atomic E-state index is 0.444. The van der Waals surface area contributed by atoms with Gasteiger partial charge in [0.25, 0.3) is 0 Å². The predicted octanol–water partition coefficient (Wildman–Crippen LogP) is 2.23. The zero-order chi connectivity index (χ0) is 12.4. The van der Waals surface area contributed by atoms with Gasteiger partial charge in [0.2, 0.25) is 0 Å². The minimum Gasteiger partial charge on any atom is -0.472 e. The van der Waals surface area contributed by atoms with Gasteiger partial charge in [-0.2, -0.15) is 0 Å². The molecule has 18 heavy (non-hydrogen) atoms. The van der Waals surface area contributed by atoms with Crippen LogP contribution in [0.1, 0.15) is 5.56 Å². The Labute approximate surface area is 104 Å². The van der Waals surface area contributed by atoms with E-state index in [2.05, 4.69) is 4.98 Å². The highest BCUT2D eigenvalue weighted by Gasteiger charge is 2.09. The lowest BCUT2D eigenvalue weighted by Crippen LogP contribution is -2.17. The second-order valence-corrected chi connectivity index (χ2v) is 4.38. The number of aromatic nitrogens is 2. The molecule has 2 heterocycles. The third kappa shape index (κ3) is 2.15. The highest BCUT2D eigenvalue weighted by molar-refractivity contribution is 5.74. The van der Waals surface area contributed by atoms with E-state index in [9.17, 15) is 5.11 Å². The number of furan rings is 1. The average molecular weight is 242 g/mol. The Bertz CT molecular complexity index is 628. The fourth-order valence-corrected chi connectivity index (χ4v) is 2.13. The lowest BCUT2D eigenvalue weighted by atomic mass is 10.1. The number of benzene rings is 1. The van der Waals surface area contributed by atoms with E-state index in [4.69, 9.17) is 4.42 Å². The smallest absolute Gasteiger partial charge is 0.0959 e. The number of hydrogen-bond acceptors (Lipinski definition) is 3. The van der Waals surface area contributed by atoms with Crippen LogP contribution in [0, 0.1) is 0 Å². The number of fused-ring (bicyclic) bond motifs is 1. The summed E-state index contributed by atoms with van der Waals surface area (Å²) in [5, 5.41) is 10.1. The normalized spacial score (nSPS) is 12.9. The number of para-hydroxylation sites is 2. The Morgan fingerprint density at radius 1 is 1.28 bits per heavy atom. The third-order valence-electron chi connectivity index (χ3n) is 2.99. The molecule has 0 fully saturated rings. The van der Waals surface area contributed by atoms with Crippen molar-refractivity contribution in [1.29, 1.82) is 0 Å². The number of hydrogen-bond donors (Lipinski definition) is 1. The molecule has 0 spiro atoms. The molecular weight excluding hydrogens is 228 g/mol. The molecule has 0 amide bonds. The first kappa shape index (κ1) is 11.0. The molecular formula is C14H14N2O2. The van der Waals surface area contributed by atoms with Crippen LogP contribution in [0.4, 0.5) is 0 Å². The average Bonchev–Trinajstić information content (AvgIpc) is 3.00. The molecule has 0 aliphatic rings. The summed E-state index contributed by atoms with van der Waals surface area (Å²) in [5.41, 5.74) is 3.00. The molecule has 1 aromatic carbocycles. The maximum absolute atomic E-state index is 10.1. The van der Waals surface area contributed by atoms with Gasteiger partial charge < -0.3 is 14.1 Å². The van der Waals surface area contributed by atoms with Crippen molar-refractivity contribution in [2.45, 2.75) is 19.1 Å². The first-order valence-corrected chi connectivity index (χ1v) is 5.92. The van der Waals surface area contributed by atoms with E-state index in [0.29, 0.717) is 13.0 Å². The van der Waals surface area contributed by atoms with Crippen molar-refractivity contribution in [3.8, 4) is 0 Å². The highest BCUT2D eigenvalue weighted by atomic mass is 16.3. The maximum atomic E-state index is 10.1. The monoisotopic (exact) mass is 242 g/mol. The van der Waals surface area contributed by atoms with Crippen molar-refractivity contribution in [3.05, 3.63) is 54.7 Å². The topological polar surface area (TPSA) is 51.2 Å². The van der Waals surface area contributed by atoms with Gasteiger partial charge in [-0.25, -0.2) is 4.98 Å². The molecule has 3 aromatic rings. The van der Waals surface area contributed by atoms with E-state index in [0.717, 1.165) is 16.6 Å². The molecule has 0 aliphatic carbocycles. The van der Waals surface area contributed by atoms with Crippen molar-refractivity contribution >= 4 is 11.0 Å². The fourth-order valence-electron chi connectivity index (χ4n) is 2.13. The first-order valence-electron chi connectivity index (χ1n) is 5.92. The SMILES string of the molecule is OC(Cc1ccoc1)Cn1cnc2ccccc21. The van der Waals surface area contributed by atoms with Crippen molar-refractivity contribution in [1.82, 2.24) is 9.55 Å². The molecule has 0 saturated carbocycles. The van der Waals surface area contributed by atoms with Gasteiger partial charge in [-0.15, -0.1) is 0 Å². The Morgan fingerprint density at radius 3 is 3.00 bits per heavy atom. The van der Waals surface area contributed by atoms with Gasteiger partial charge in [0.15, 0.2) is 0 Å². The maximum Gasteiger partial charge on any atom is 0.0959 e. The van der Waals surface area contributed by atoms with Crippen LogP contribution in [0.15, 0.2) is 53.6 Å². The van der Waals surface area contributed by atoms with E-state index in [-0.39, 0.29) is 0 Å². The second kappa shape index (κ2) is 4.66. The summed E-state index contributed by atoms with van der Waals surface area (Å²) >= 11 is 0. The molecule has 0 saturated heterocycles. The van der Waals surface area contributed by atoms with Crippen molar-refractivity contribution in [3.63, 3.8) is 0 Å². The number of aliphatic hydroxyl groups is 1.